The number of amides is 1. The summed E-state index contributed by atoms with van der Waals surface area (Å²) in [7, 11) is 0. The second kappa shape index (κ2) is 11.3. The van der Waals surface area contributed by atoms with Crippen molar-refractivity contribution >= 4 is 22.6 Å². The van der Waals surface area contributed by atoms with Crippen molar-refractivity contribution in [2.75, 3.05) is 18.5 Å². The highest BCUT2D eigenvalue weighted by Crippen LogP contribution is 2.29. The SMILES string of the molecule is CCCCCC(NC(=O)c1cnc2c(cnn2CC)c1NC1CCOCC1)c1ccccc1. The predicted molar refractivity (Wildman–Crippen MR) is 131 cm³/mol. The standard InChI is InChI=1S/C26H35N5O2/c1-3-5-7-12-23(19-10-8-6-9-11-19)30-26(32)22-17-27-25-21(18-28-31(25)4-2)24(22)29-20-13-15-33-16-14-20/h6,8-11,17-18,20,23H,3-5,7,12-16H2,1-2H3,(H,27,29)(H,30,32). The number of rotatable bonds is 10. The van der Waals surface area contributed by atoms with Crippen LogP contribution in [0.4, 0.5) is 5.69 Å². The third kappa shape index (κ3) is 5.53. The Balaban J connectivity index is 1.64. The van der Waals surface area contributed by atoms with Gasteiger partial charge in [-0.3, -0.25) is 4.79 Å². The van der Waals surface area contributed by atoms with Gasteiger partial charge >= 0.3 is 0 Å². The molecule has 2 N–H and O–H groups in total. The second-order valence-corrected chi connectivity index (χ2v) is 8.71. The van der Waals surface area contributed by atoms with Crippen LogP contribution in [0.1, 0.15) is 74.3 Å². The Morgan fingerprint density at radius 2 is 1.94 bits per heavy atom. The van der Waals surface area contributed by atoms with Gasteiger partial charge < -0.3 is 15.4 Å². The number of anilines is 1. The zero-order chi connectivity index (χ0) is 23.0. The quantitative estimate of drug-likeness (QED) is 0.421. The zero-order valence-electron chi connectivity index (χ0n) is 19.7. The lowest BCUT2D eigenvalue weighted by atomic mass is 9.99. The van der Waals surface area contributed by atoms with Crippen molar-refractivity contribution in [3.63, 3.8) is 0 Å². The first kappa shape index (κ1) is 23.2. The molecule has 1 aliphatic heterocycles. The summed E-state index contributed by atoms with van der Waals surface area (Å²) in [5.74, 6) is -0.103. The van der Waals surface area contributed by atoms with E-state index in [-0.39, 0.29) is 18.0 Å². The van der Waals surface area contributed by atoms with Crippen LogP contribution >= 0.6 is 0 Å². The first-order valence-electron chi connectivity index (χ1n) is 12.3. The molecule has 3 heterocycles. The summed E-state index contributed by atoms with van der Waals surface area (Å²) in [6.45, 7) is 6.43. The molecular weight excluding hydrogens is 414 g/mol. The van der Waals surface area contributed by atoms with Crippen molar-refractivity contribution in [2.45, 2.75) is 71.0 Å². The van der Waals surface area contributed by atoms with Gasteiger partial charge in [0.25, 0.3) is 5.91 Å². The van der Waals surface area contributed by atoms with Crippen LogP contribution in [0, 0.1) is 0 Å². The molecule has 1 atom stereocenters. The number of aromatic nitrogens is 3. The average Bonchev–Trinajstić information content (AvgIpc) is 3.28. The number of fused-ring (bicyclic) bond motifs is 1. The van der Waals surface area contributed by atoms with Crippen LogP contribution in [0.15, 0.2) is 42.7 Å². The van der Waals surface area contributed by atoms with Crippen molar-refractivity contribution < 1.29 is 9.53 Å². The molecule has 0 radical (unpaired) electrons. The monoisotopic (exact) mass is 449 g/mol. The molecule has 1 saturated heterocycles. The summed E-state index contributed by atoms with van der Waals surface area (Å²) in [5.41, 5.74) is 3.32. The number of carbonyl (C=O) groups excluding carboxylic acids is 1. The Hall–Kier alpha value is -2.93. The normalized spacial score (nSPS) is 15.5. The number of pyridine rings is 1. The molecule has 0 spiro atoms. The Kier molecular flexibility index (Phi) is 7.94. The highest BCUT2D eigenvalue weighted by molar-refractivity contribution is 6.06. The second-order valence-electron chi connectivity index (χ2n) is 8.71. The molecule has 0 saturated carbocycles. The van der Waals surface area contributed by atoms with Gasteiger partial charge in [0.2, 0.25) is 0 Å². The molecule has 2 aromatic heterocycles. The summed E-state index contributed by atoms with van der Waals surface area (Å²) in [5, 5.41) is 12.3. The molecule has 7 heteroatoms. The lowest BCUT2D eigenvalue weighted by Crippen LogP contribution is -2.32. The van der Waals surface area contributed by atoms with E-state index in [1.54, 1.807) is 6.20 Å². The maximum absolute atomic E-state index is 13.6. The summed E-state index contributed by atoms with van der Waals surface area (Å²) < 4.78 is 7.39. The van der Waals surface area contributed by atoms with E-state index in [1.165, 1.54) is 0 Å². The summed E-state index contributed by atoms with van der Waals surface area (Å²) in [6.07, 6.45) is 9.63. The van der Waals surface area contributed by atoms with Crippen molar-refractivity contribution in [1.29, 1.82) is 0 Å². The molecule has 1 fully saturated rings. The summed E-state index contributed by atoms with van der Waals surface area (Å²) in [6, 6.07) is 10.5. The van der Waals surface area contributed by atoms with Crippen LogP contribution < -0.4 is 10.6 Å². The Labute approximate surface area is 195 Å². The van der Waals surface area contributed by atoms with Crippen LogP contribution in [0.3, 0.4) is 0 Å². The van der Waals surface area contributed by atoms with E-state index in [0.717, 1.165) is 80.6 Å². The van der Waals surface area contributed by atoms with Crippen LogP contribution in [0.25, 0.3) is 11.0 Å². The maximum Gasteiger partial charge on any atom is 0.255 e. The van der Waals surface area contributed by atoms with Crippen LogP contribution in [0.2, 0.25) is 0 Å². The first-order chi connectivity index (χ1) is 16.2. The summed E-state index contributed by atoms with van der Waals surface area (Å²) >= 11 is 0. The van der Waals surface area contributed by atoms with E-state index < -0.39 is 0 Å². The van der Waals surface area contributed by atoms with Gasteiger partial charge in [0.05, 0.1) is 28.9 Å². The molecular formula is C26H35N5O2. The Morgan fingerprint density at radius 1 is 1.15 bits per heavy atom. The lowest BCUT2D eigenvalue weighted by molar-refractivity contribution is 0.0903. The third-order valence-corrected chi connectivity index (χ3v) is 6.38. The van der Waals surface area contributed by atoms with Gasteiger partial charge in [-0.1, -0.05) is 56.5 Å². The number of carbonyl (C=O) groups is 1. The number of aryl methyl sites for hydroxylation is 1. The van der Waals surface area contributed by atoms with E-state index >= 15 is 0 Å². The van der Waals surface area contributed by atoms with Crippen molar-refractivity contribution in [3.8, 4) is 0 Å². The molecule has 176 valence electrons. The van der Waals surface area contributed by atoms with E-state index in [0.29, 0.717) is 5.56 Å². The van der Waals surface area contributed by atoms with Gasteiger partial charge in [-0.15, -0.1) is 0 Å². The van der Waals surface area contributed by atoms with Crippen LogP contribution in [-0.2, 0) is 11.3 Å². The minimum atomic E-state index is -0.103. The van der Waals surface area contributed by atoms with Gasteiger partial charge in [0.15, 0.2) is 5.65 Å². The smallest absolute Gasteiger partial charge is 0.255 e. The van der Waals surface area contributed by atoms with E-state index in [9.17, 15) is 4.79 Å². The molecule has 3 aromatic rings. The first-order valence-corrected chi connectivity index (χ1v) is 12.3. The van der Waals surface area contributed by atoms with Gasteiger partial charge in [0.1, 0.15) is 0 Å². The molecule has 0 aliphatic carbocycles. The maximum atomic E-state index is 13.6. The Bertz CT molecular complexity index is 1040. The number of nitrogens with zero attached hydrogens (tertiary/aromatic N) is 3. The number of hydrogen-bond acceptors (Lipinski definition) is 5. The minimum Gasteiger partial charge on any atom is -0.381 e. The van der Waals surface area contributed by atoms with Crippen molar-refractivity contribution in [3.05, 3.63) is 53.9 Å². The summed E-state index contributed by atoms with van der Waals surface area (Å²) in [4.78, 5) is 18.2. The van der Waals surface area contributed by atoms with Gasteiger partial charge in [-0.2, -0.15) is 5.10 Å². The largest absolute Gasteiger partial charge is 0.381 e. The molecule has 1 unspecified atom stereocenters. The van der Waals surface area contributed by atoms with Crippen LogP contribution in [0.5, 0.6) is 0 Å². The molecule has 0 bridgehead atoms. The zero-order valence-corrected chi connectivity index (χ0v) is 19.7. The number of nitrogens with one attached hydrogen (secondary N) is 2. The fourth-order valence-corrected chi connectivity index (χ4v) is 4.47. The minimum absolute atomic E-state index is 0.0322. The average molecular weight is 450 g/mol. The molecule has 1 amide bonds. The number of hydrogen-bond donors (Lipinski definition) is 2. The van der Waals surface area contributed by atoms with Gasteiger partial charge in [0, 0.05) is 32.0 Å². The molecule has 33 heavy (non-hydrogen) atoms. The van der Waals surface area contributed by atoms with Crippen LogP contribution in [-0.4, -0.2) is 39.9 Å². The fraction of sp³-hybridized carbons (Fsp3) is 0.500. The molecule has 1 aromatic carbocycles. The highest BCUT2D eigenvalue weighted by atomic mass is 16.5. The molecule has 4 rings (SSSR count). The number of benzene rings is 1. The van der Waals surface area contributed by atoms with Crippen molar-refractivity contribution in [1.82, 2.24) is 20.1 Å². The fourth-order valence-electron chi connectivity index (χ4n) is 4.47. The van der Waals surface area contributed by atoms with Gasteiger partial charge in [-0.25, -0.2) is 9.67 Å². The third-order valence-electron chi connectivity index (χ3n) is 6.38. The van der Waals surface area contributed by atoms with Crippen molar-refractivity contribution in [2.24, 2.45) is 0 Å². The van der Waals surface area contributed by atoms with E-state index in [1.807, 2.05) is 36.0 Å². The number of ether oxygens (including phenoxy) is 1. The van der Waals surface area contributed by atoms with E-state index in [2.05, 4.69) is 39.8 Å². The molecule has 1 aliphatic rings. The topological polar surface area (TPSA) is 81.1 Å². The molecule has 7 nitrogen and oxygen atoms in total. The van der Waals surface area contributed by atoms with Gasteiger partial charge in [-0.05, 0) is 31.7 Å². The lowest BCUT2D eigenvalue weighted by Gasteiger charge is -2.26. The highest BCUT2D eigenvalue weighted by Gasteiger charge is 2.24. The number of unbranched alkanes of at least 4 members (excludes halogenated alkanes) is 2. The Morgan fingerprint density at radius 3 is 2.67 bits per heavy atom. The predicted octanol–water partition coefficient (Wildman–Crippen LogP) is 5.09. The van der Waals surface area contributed by atoms with E-state index in [4.69, 9.17) is 4.74 Å².